The van der Waals surface area contributed by atoms with Gasteiger partial charge in [0.2, 0.25) is 0 Å². The summed E-state index contributed by atoms with van der Waals surface area (Å²) >= 11 is 0. The van der Waals surface area contributed by atoms with E-state index in [0.717, 1.165) is 32.0 Å². The normalized spacial score (nSPS) is 19.8. The van der Waals surface area contributed by atoms with E-state index in [9.17, 15) is 9.59 Å². The zero-order chi connectivity index (χ0) is 9.73. The van der Waals surface area contributed by atoms with E-state index < -0.39 is 5.41 Å². The number of rotatable bonds is 4. The van der Waals surface area contributed by atoms with Gasteiger partial charge >= 0.3 is 5.97 Å². The molecular formula is C10H16O3. The highest BCUT2D eigenvalue weighted by atomic mass is 16.5. The summed E-state index contributed by atoms with van der Waals surface area (Å²) < 4.78 is 4.83. The molecule has 1 fully saturated rings. The molecule has 13 heavy (non-hydrogen) atoms. The second kappa shape index (κ2) is 4.40. The predicted octanol–water partition coefficient (Wildman–Crippen LogP) is 1.70. The third-order valence-corrected chi connectivity index (χ3v) is 2.65. The molecule has 0 aromatic carbocycles. The molecule has 1 rings (SSSR count). The Kier molecular flexibility index (Phi) is 3.46. The van der Waals surface area contributed by atoms with Gasteiger partial charge in [-0.05, 0) is 19.8 Å². The van der Waals surface area contributed by atoms with Crippen molar-refractivity contribution in [2.75, 3.05) is 6.61 Å². The zero-order valence-electron chi connectivity index (χ0n) is 8.04. The maximum absolute atomic E-state index is 11.2. The molecule has 74 valence electrons. The Bertz CT molecular complexity index is 192. The summed E-state index contributed by atoms with van der Waals surface area (Å²) in [6.07, 6.45) is 5.00. The molecule has 3 heteroatoms. The molecule has 0 aromatic heterocycles. The fourth-order valence-electron chi connectivity index (χ4n) is 1.91. The van der Waals surface area contributed by atoms with Gasteiger partial charge in [-0.1, -0.05) is 12.8 Å². The molecule has 0 aliphatic heterocycles. The van der Waals surface area contributed by atoms with Crippen molar-refractivity contribution in [1.82, 2.24) is 0 Å². The van der Waals surface area contributed by atoms with Crippen molar-refractivity contribution >= 4 is 12.3 Å². The SMILES string of the molecule is CCOC(=O)CC1(C=O)CCCC1. The third-order valence-electron chi connectivity index (χ3n) is 2.65. The second-order valence-electron chi connectivity index (χ2n) is 3.67. The molecule has 0 spiro atoms. The molecule has 0 unspecified atom stereocenters. The van der Waals surface area contributed by atoms with Gasteiger partial charge in [-0.25, -0.2) is 0 Å². The van der Waals surface area contributed by atoms with E-state index in [2.05, 4.69) is 0 Å². The van der Waals surface area contributed by atoms with E-state index in [0.29, 0.717) is 6.61 Å². The van der Waals surface area contributed by atoms with E-state index >= 15 is 0 Å². The highest BCUT2D eigenvalue weighted by Crippen LogP contribution is 2.39. The number of ether oxygens (including phenoxy) is 1. The highest BCUT2D eigenvalue weighted by molar-refractivity contribution is 5.76. The van der Waals surface area contributed by atoms with Gasteiger partial charge in [-0.2, -0.15) is 0 Å². The van der Waals surface area contributed by atoms with Crippen LogP contribution in [0.4, 0.5) is 0 Å². The quantitative estimate of drug-likeness (QED) is 0.493. The Morgan fingerprint density at radius 1 is 1.46 bits per heavy atom. The van der Waals surface area contributed by atoms with Crippen LogP contribution in [-0.4, -0.2) is 18.9 Å². The van der Waals surface area contributed by atoms with Crippen molar-refractivity contribution in [3.8, 4) is 0 Å². The van der Waals surface area contributed by atoms with Gasteiger partial charge in [0.05, 0.1) is 13.0 Å². The molecule has 1 saturated carbocycles. The lowest BCUT2D eigenvalue weighted by atomic mass is 9.84. The first kappa shape index (κ1) is 10.2. The first-order chi connectivity index (χ1) is 6.22. The lowest BCUT2D eigenvalue weighted by molar-refractivity contribution is -0.147. The summed E-state index contributed by atoms with van der Waals surface area (Å²) in [5, 5.41) is 0. The lowest BCUT2D eigenvalue weighted by Crippen LogP contribution is -2.23. The number of aldehydes is 1. The number of esters is 1. The van der Waals surface area contributed by atoms with Crippen molar-refractivity contribution in [3.05, 3.63) is 0 Å². The van der Waals surface area contributed by atoms with E-state index in [1.807, 2.05) is 0 Å². The number of carbonyl (C=O) groups excluding carboxylic acids is 2. The van der Waals surface area contributed by atoms with Gasteiger partial charge < -0.3 is 9.53 Å². The summed E-state index contributed by atoms with van der Waals surface area (Å²) in [7, 11) is 0. The zero-order valence-corrected chi connectivity index (χ0v) is 8.04. The minimum Gasteiger partial charge on any atom is -0.466 e. The molecule has 1 aliphatic carbocycles. The van der Waals surface area contributed by atoms with Gasteiger partial charge in [0.1, 0.15) is 6.29 Å². The number of hydrogen-bond donors (Lipinski definition) is 0. The van der Waals surface area contributed by atoms with E-state index in [4.69, 9.17) is 4.74 Å². The average Bonchev–Trinajstić information content (AvgIpc) is 2.54. The maximum atomic E-state index is 11.2. The fourth-order valence-corrected chi connectivity index (χ4v) is 1.91. The summed E-state index contributed by atoms with van der Waals surface area (Å²) in [6, 6.07) is 0. The van der Waals surface area contributed by atoms with Crippen molar-refractivity contribution in [3.63, 3.8) is 0 Å². The summed E-state index contributed by atoms with van der Waals surface area (Å²) in [5.41, 5.74) is -0.397. The molecule has 0 heterocycles. The van der Waals surface area contributed by atoms with Crippen molar-refractivity contribution in [2.24, 2.45) is 5.41 Å². The Balaban J connectivity index is 2.48. The number of carbonyl (C=O) groups is 2. The summed E-state index contributed by atoms with van der Waals surface area (Å²) in [4.78, 5) is 22.0. The van der Waals surface area contributed by atoms with Crippen LogP contribution in [0.25, 0.3) is 0 Å². The molecule has 0 amide bonds. The third kappa shape index (κ3) is 2.54. The van der Waals surface area contributed by atoms with Gasteiger partial charge in [-0.3, -0.25) is 4.79 Å². The Morgan fingerprint density at radius 2 is 2.08 bits per heavy atom. The molecule has 3 nitrogen and oxygen atoms in total. The summed E-state index contributed by atoms with van der Waals surface area (Å²) in [5.74, 6) is -0.239. The van der Waals surface area contributed by atoms with Crippen LogP contribution in [0.5, 0.6) is 0 Å². The topological polar surface area (TPSA) is 43.4 Å². The van der Waals surface area contributed by atoms with Crippen LogP contribution in [-0.2, 0) is 14.3 Å². The largest absolute Gasteiger partial charge is 0.466 e. The molecule has 0 radical (unpaired) electrons. The Labute approximate surface area is 78.5 Å². The molecule has 0 aromatic rings. The Hall–Kier alpha value is -0.860. The number of hydrogen-bond acceptors (Lipinski definition) is 3. The molecule has 0 bridgehead atoms. The maximum Gasteiger partial charge on any atom is 0.306 e. The summed E-state index contributed by atoms with van der Waals surface area (Å²) in [6.45, 7) is 2.17. The standard InChI is InChI=1S/C10H16O3/c1-2-13-9(12)7-10(8-11)5-3-4-6-10/h8H,2-7H2,1H3. The van der Waals surface area contributed by atoms with Crippen LogP contribution in [0.2, 0.25) is 0 Å². The van der Waals surface area contributed by atoms with E-state index in [-0.39, 0.29) is 12.4 Å². The first-order valence-electron chi connectivity index (χ1n) is 4.84. The predicted molar refractivity (Wildman–Crippen MR) is 48.2 cm³/mol. The molecular weight excluding hydrogens is 168 g/mol. The van der Waals surface area contributed by atoms with Crippen LogP contribution in [0, 0.1) is 5.41 Å². The van der Waals surface area contributed by atoms with Crippen LogP contribution in [0.3, 0.4) is 0 Å². The van der Waals surface area contributed by atoms with Gasteiger partial charge in [0.25, 0.3) is 0 Å². The first-order valence-corrected chi connectivity index (χ1v) is 4.84. The van der Waals surface area contributed by atoms with Crippen molar-refractivity contribution in [2.45, 2.75) is 39.0 Å². The molecule has 0 N–H and O–H groups in total. The monoisotopic (exact) mass is 184 g/mol. The van der Waals surface area contributed by atoms with Crippen molar-refractivity contribution in [1.29, 1.82) is 0 Å². The molecule has 1 aliphatic rings. The van der Waals surface area contributed by atoms with Crippen LogP contribution >= 0.6 is 0 Å². The molecule has 0 atom stereocenters. The second-order valence-corrected chi connectivity index (χ2v) is 3.67. The van der Waals surface area contributed by atoms with Crippen LogP contribution < -0.4 is 0 Å². The molecule has 0 saturated heterocycles. The lowest BCUT2D eigenvalue weighted by Gasteiger charge is -2.19. The van der Waals surface area contributed by atoms with Crippen LogP contribution in [0.1, 0.15) is 39.0 Å². The minimum atomic E-state index is -0.397. The van der Waals surface area contributed by atoms with Gasteiger partial charge in [0.15, 0.2) is 0 Å². The van der Waals surface area contributed by atoms with Gasteiger partial charge in [-0.15, -0.1) is 0 Å². The smallest absolute Gasteiger partial charge is 0.306 e. The van der Waals surface area contributed by atoms with Crippen molar-refractivity contribution < 1.29 is 14.3 Å². The Morgan fingerprint density at radius 3 is 2.54 bits per heavy atom. The highest BCUT2D eigenvalue weighted by Gasteiger charge is 2.36. The van der Waals surface area contributed by atoms with E-state index in [1.54, 1.807) is 6.92 Å². The average molecular weight is 184 g/mol. The minimum absolute atomic E-state index is 0.239. The van der Waals surface area contributed by atoms with Gasteiger partial charge in [0, 0.05) is 5.41 Å². The van der Waals surface area contributed by atoms with E-state index in [1.165, 1.54) is 0 Å². The fraction of sp³-hybridized carbons (Fsp3) is 0.800. The van der Waals surface area contributed by atoms with Crippen LogP contribution in [0.15, 0.2) is 0 Å².